The number of thioether (sulfide) groups is 2. The monoisotopic (exact) mass is 1030 g/mol. The van der Waals surface area contributed by atoms with Gasteiger partial charge in [-0.15, -0.1) is 23.5 Å². The highest BCUT2D eigenvalue weighted by molar-refractivity contribution is 8.00. The summed E-state index contributed by atoms with van der Waals surface area (Å²) >= 11 is 14.8. The summed E-state index contributed by atoms with van der Waals surface area (Å²) in [7, 11) is 3.69. The average molecular weight is 1040 g/mol. The van der Waals surface area contributed by atoms with Gasteiger partial charge >= 0.3 is 0 Å². The predicted octanol–water partition coefficient (Wildman–Crippen LogP) is 5.33. The van der Waals surface area contributed by atoms with Crippen LogP contribution in [-0.4, -0.2) is 141 Å². The number of carbonyl (C=O) groups is 4. The van der Waals surface area contributed by atoms with Crippen molar-refractivity contribution in [3.63, 3.8) is 0 Å². The third-order valence-electron chi connectivity index (χ3n) is 15.5. The van der Waals surface area contributed by atoms with E-state index in [4.69, 9.17) is 33.9 Å². The summed E-state index contributed by atoms with van der Waals surface area (Å²) in [6.07, 6.45) is 4.98. The number of hydrogen-bond donors (Lipinski definition) is 6. The van der Waals surface area contributed by atoms with Crippen molar-refractivity contribution in [3.05, 3.63) is 70.8 Å². The SMILES string of the molecule is CN[C@@H](C)C(=S)N[C@H]1CCSC2CC(C)(C)[C@@H](C(=O)N[C@H]3c4ccccc4C[C@H]3OCCCCO[C@H]3Cc4ccccc4[C@H]3NC(=O)[C@@H]3N4C(=O)[C@H](NC(=S)[C@@H](C)NC)CCSC4CC3(C)C)N2C1=O. The number of likely N-dealkylation sites (N-methyl/N-ethyl adjacent to an activating group) is 2. The van der Waals surface area contributed by atoms with Crippen LogP contribution >= 0.6 is 48.0 Å². The summed E-state index contributed by atoms with van der Waals surface area (Å²) in [5, 5.41) is 19.6. The fourth-order valence-electron chi connectivity index (χ4n) is 11.5. The minimum absolute atomic E-state index is 0.0781. The van der Waals surface area contributed by atoms with Crippen LogP contribution in [0.1, 0.15) is 114 Å². The van der Waals surface area contributed by atoms with Gasteiger partial charge in [-0.2, -0.15) is 0 Å². The van der Waals surface area contributed by atoms with Crippen LogP contribution in [0.25, 0.3) is 0 Å². The second-order valence-corrected chi connectivity index (χ2v) is 24.8. The van der Waals surface area contributed by atoms with Crippen molar-refractivity contribution in [2.45, 2.75) is 164 Å². The number of rotatable bonds is 17. The fraction of sp³-hybridized carbons (Fsp3) is 0.654. The number of fused-ring (bicyclic) bond motifs is 4. The molecule has 0 aromatic heterocycles. The maximum absolute atomic E-state index is 14.7. The van der Waals surface area contributed by atoms with Gasteiger partial charge in [-0.1, -0.05) is 101 Å². The molecule has 6 N–H and O–H groups in total. The second kappa shape index (κ2) is 22.4. The summed E-state index contributed by atoms with van der Waals surface area (Å²) in [4.78, 5) is 62.8. The number of benzene rings is 2. The van der Waals surface area contributed by atoms with E-state index in [1.165, 1.54) is 0 Å². The number of nitrogens with zero attached hydrogens (tertiary/aromatic N) is 2. The molecule has 2 aromatic rings. The van der Waals surface area contributed by atoms with E-state index in [9.17, 15) is 19.2 Å². The Labute approximate surface area is 434 Å². The predicted molar refractivity (Wildman–Crippen MR) is 287 cm³/mol. The zero-order valence-electron chi connectivity index (χ0n) is 42.0. The molecule has 12 atom stereocenters. The van der Waals surface area contributed by atoms with Crippen molar-refractivity contribution in [1.82, 2.24) is 41.7 Å². The van der Waals surface area contributed by atoms with E-state index in [1.807, 2.05) is 62.0 Å². The Hall–Kier alpha value is -3.36. The van der Waals surface area contributed by atoms with Gasteiger partial charge in [-0.25, -0.2) is 0 Å². The van der Waals surface area contributed by atoms with E-state index >= 15 is 0 Å². The van der Waals surface area contributed by atoms with Crippen molar-refractivity contribution < 1.29 is 28.7 Å². The molecule has 0 saturated carbocycles. The minimum Gasteiger partial charge on any atom is -0.375 e. The van der Waals surface area contributed by atoms with Crippen LogP contribution < -0.4 is 31.9 Å². The number of thiocarbonyl (C=S) groups is 2. The van der Waals surface area contributed by atoms with Crippen LogP contribution in [-0.2, 0) is 41.5 Å². The first-order valence-corrected chi connectivity index (χ1v) is 28.2. The zero-order valence-corrected chi connectivity index (χ0v) is 45.3. The summed E-state index contributed by atoms with van der Waals surface area (Å²) in [5.74, 6) is 1.11. The van der Waals surface area contributed by atoms with Crippen molar-refractivity contribution >= 4 is 81.6 Å². The van der Waals surface area contributed by atoms with Crippen molar-refractivity contribution in [2.24, 2.45) is 10.8 Å². The van der Waals surface area contributed by atoms with Crippen LogP contribution in [0.4, 0.5) is 0 Å². The normalized spacial score (nSPS) is 30.5. The van der Waals surface area contributed by atoms with E-state index < -0.39 is 35.0 Å². The Balaban J connectivity index is 0.882. The lowest BCUT2D eigenvalue weighted by Gasteiger charge is -2.35. The molecule has 4 amide bonds. The highest BCUT2D eigenvalue weighted by atomic mass is 32.2. The van der Waals surface area contributed by atoms with Crippen molar-refractivity contribution in [3.8, 4) is 0 Å². The van der Waals surface area contributed by atoms with Gasteiger partial charge in [-0.3, -0.25) is 19.2 Å². The number of unbranched alkanes of at least 4 members (excludes halogenated alkanes) is 1. The standard InChI is InChI=1S/C52H74N8O6S4/c1-29(53-7)47(67)55-35-19-23-69-39-27-51(3,4)43(59(39)49(35)63)45(61)57-41-33-17-11-9-15-31(33)25-37(41)65-21-13-14-22-66-38-26-32-16-10-12-18-34(32)42(38)58-46(62)44-52(5,6)28-40-60(44)50(64)36(20-24-70-40)56-48(68)30(2)54-8/h9-12,15-18,29-30,35-44,53-54H,13-14,19-28H2,1-8H3,(H,55,67)(H,56,68)(H,57,61)(H,58,62)/t29-,30+,35-,36+,37+,38-,39?,40?,41-,42+,43+,44-. The van der Waals surface area contributed by atoms with Gasteiger partial charge < -0.3 is 51.2 Å². The average Bonchev–Trinajstić information content (AvgIpc) is 3.97. The highest BCUT2D eigenvalue weighted by Gasteiger charge is 2.57. The summed E-state index contributed by atoms with van der Waals surface area (Å²) in [6, 6.07) is 13.2. The first-order valence-electron chi connectivity index (χ1n) is 25.3. The third kappa shape index (κ3) is 11.1. The van der Waals surface area contributed by atoms with Crippen LogP contribution in [0.3, 0.4) is 0 Å². The Morgan fingerprint density at radius 1 is 0.657 bits per heavy atom. The molecule has 18 heteroatoms. The lowest BCUT2D eigenvalue weighted by Crippen LogP contribution is -2.58. The Kier molecular flexibility index (Phi) is 16.9. The summed E-state index contributed by atoms with van der Waals surface area (Å²) in [6.45, 7) is 13.3. The smallest absolute Gasteiger partial charge is 0.246 e. The number of amides is 4. The maximum atomic E-state index is 14.7. The molecular formula is C52H74N8O6S4. The Bertz CT molecular complexity index is 2130. The van der Waals surface area contributed by atoms with Crippen LogP contribution in [0.2, 0.25) is 0 Å². The van der Waals surface area contributed by atoms with E-state index in [-0.39, 0.29) is 70.8 Å². The van der Waals surface area contributed by atoms with Gasteiger partial charge in [-0.05, 0) is 111 Å². The number of hydrogen-bond acceptors (Lipinski definition) is 12. The summed E-state index contributed by atoms with van der Waals surface area (Å²) < 4.78 is 13.3. The molecule has 4 aliphatic heterocycles. The number of ether oxygens (including phenoxy) is 2. The molecule has 4 fully saturated rings. The van der Waals surface area contributed by atoms with Gasteiger partial charge in [0.05, 0.1) is 57.1 Å². The zero-order chi connectivity index (χ0) is 50.1. The van der Waals surface area contributed by atoms with Crippen molar-refractivity contribution in [2.75, 3.05) is 38.8 Å². The first-order chi connectivity index (χ1) is 33.4. The lowest BCUT2D eigenvalue weighted by atomic mass is 9.83. The molecule has 8 rings (SSSR count). The summed E-state index contributed by atoms with van der Waals surface area (Å²) in [5.41, 5.74) is 3.49. The third-order valence-corrected chi connectivity index (χ3v) is 19.0. The van der Waals surface area contributed by atoms with Crippen LogP contribution in [0.5, 0.6) is 0 Å². The molecule has 70 heavy (non-hydrogen) atoms. The molecule has 0 bridgehead atoms. The molecule has 382 valence electrons. The molecule has 14 nitrogen and oxygen atoms in total. The molecule has 0 spiro atoms. The van der Waals surface area contributed by atoms with Crippen LogP contribution in [0, 0.1) is 10.8 Å². The molecule has 6 aliphatic rings. The molecule has 2 unspecified atom stereocenters. The first kappa shape index (κ1) is 52.9. The fourth-order valence-corrected chi connectivity index (χ4v) is 15.1. The maximum Gasteiger partial charge on any atom is 0.246 e. The molecule has 0 radical (unpaired) electrons. The van der Waals surface area contributed by atoms with E-state index in [0.717, 1.165) is 59.4 Å². The number of nitrogens with one attached hydrogen (secondary N) is 6. The van der Waals surface area contributed by atoms with Gasteiger partial charge in [0.1, 0.15) is 24.2 Å². The number of carbonyl (C=O) groups excluding carboxylic acids is 4. The van der Waals surface area contributed by atoms with Gasteiger partial charge in [0.15, 0.2) is 0 Å². The van der Waals surface area contributed by atoms with E-state index in [1.54, 1.807) is 23.5 Å². The van der Waals surface area contributed by atoms with Crippen molar-refractivity contribution in [1.29, 1.82) is 0 Å². The topological polar surface area (TPSA) is 165 Å². The second-order valence-electron chi connectivity index (χ2n) is 21.4. The Morgan fingerprint density at radius 3 is 1.43 bits per heavy atom. The van der Waals surface area contributed by atoms with Crippen LogP contribution in [0.15, 0.2) is 48.5 Å². The molecule has 4 saturated heterocycles. The molecule has 4 heterocycles. The lowest BCUT2D eigenvalue weighted by molar-refractivity contribution is -0.143. The largest absolute Gasteiger partial charge is 0.375 e. The quantitative estimate of drug-likeness (QED) is 0.0890. The molecule has 2 aliphatic carbocycles. The Morgan fingerprint density at radius 2 is 1.04 bits per heavy atom. The molecule has 2 aromatic carbocycles. The highest BCUT2D eigenvalue weighted by Crippen LogP contribution is 2.48. The van der Waals surface area contributed by atoms with Gasteiger partial charge in [0, 0.05) is 26.1 Å². The van der Waals surface area contributed by atoms with E-state index in [0.29, 0.717) is 48.9 Å². The van der Waals surface area contributed by atoms with Gasteiger partial charge in [0.25, 0.3) is 0 Å². The van der Waals surface area contributed by atoms with Gasteiger partial charge in [0.2, 0.25) is 23.6 Å². The minimum atomic E-state index is -0.653. The molecular weight excluding hydrogens is 961 g/mol. The van der Waals surface area contributed by atoms with E-state index in [2.05, 4.69) is 83.9 Å².